The van der Waals surface area contributed by atoms with Crippen LogP contribution in [-0.4, -0.2) is 37.1 Å². The van der Waals surface area contributed by atoms with E-state index >= 15 is 0 Å². The van der Waals surface area contributed by atoms with Gasteiger partial charge in [-0.15, -0.1) is 0 Å². The Balaban J connectivity index is 3.49. The molecule has 0 aromatic heterocycles. The first-order valence-electron chi connectivity index (χ1n) is 7.86. The van der Waals surface area contributed by atoms with E-state index in [1.54, 1.807) is 0 Å². The zero-order valence-corrected chi connectivity index (χ0v) is 14.3. The molecule has 0 radical (unpaired) electrons. The Hall–Kier alpha value is -1.10. The fourth-order valence-electron chi connectivity index (χ4n) is 1.66. The summed E-state index contributed by atoms with van der Waals surface area (Å²) >= 11 is 0. The van der Waals surface area contributed by atoms with Crippen LogP contribution in [0.1, 0.15) is 60.3 Å². The molecule has 0 aliphatic rings. The minimum Gasteiger partial charge on any atom is -0.380 e. The topological polar surface area (TPSA) is 67.4 Å². The van der Waals surface area contributed by atoms with Crippen LogP contribution in [0, 0.1) is 5.92 Å². The Morgan fingerprint density at radius 3 is 2.24 bits per heavy atom. The quantitative estimate of drug-likeness (QED) is 0.608. The lowest BCUT2D eigenvalue weighted by molar-refractivity contribution is -0.123. The molecule has 0 fully saturated rings. The number of rotatable bonds is 10. The van der Waals surface area contributed by atoms with Crippen molar-refractivity contribution >= 4 is 11.8 Å². The number of hydrogen-bond acceptors (Lipinski definition) is 3. The van der Waals surface area contributed by atoms with Crippen LogP contribution in [0.5, 0.6) is 0 Å². The smallest absolute Gasteiger partial charge is 0.220 e. The van der Waals surface area contributed by atoms with Crippen molar-refractivity contribution in [2.24, 2.45) is 5.92 Å². The predicted octanol–water partition coefficient (Wildman–Crippen LogP) is 2.25. The first-order chi connectivity index (χ1) is 9.70. The van der Waals surface area contributed by atoms with Crippen LogP contribution >= 0.6 is 0 Å². The van der Waals surface area contributed by atoms with E-state index < -0.39 is 0 Å². The van der Waals surface area contributed by atoms with Crippen LogP contribution in [0.2, 0.25) is 0 Å². The van der Waals surface area contributed by atoms with E-state index in [9.17, 15) is 9.59 Å². The van der Waals surface area contributed by atoms with Gasteiger partial charge in [0.15, 0.2) is 0 Å². The van der Waals surface area contributed by atoms with E-state index in [0.29, 0.717) is 38.3 Å². The second-order valence-electron chi connectivity index (χ2n) is 6.80. The Morgan fingerprint density at radius 2 is 1.67 bits per heavy atom. The van der Waals surface area contributed by atoms with Crippen LogP contribution in [0.3, 0.4) is 0 Å². The van der Waals surface area contributed by atoms with Crippen molar-refractivity contribution in [2.75, 3.05) is 19.8 Å². The van der Waals surface area contributed by atoms with E-state index in [1.807, 2.05) is 20.8 Å². The highest BCUT2D eigenvalue weighted by molar-refractivity contribution is 5.79. The third-order valence-electron chi connectivity index (χ3n) is 2.73. The number of ether oxygens (including phenoxy) is 1. The summed E-state index contributed by atoms with van der Waals surface area (Å²) in [6, 6.07) is 0. The van der Waals surface area contributed by atoms with Crippen LogP contribution in [0.4, 0.5) is 0 Å². The molecule has 0 aromatic carbocycles. The molecule has 0 heterocycles. The maximum Gasteiger partial charge on any atom is 0.220 e. The van der Waals surface area contributed by atoms with Crippen molar-refractivity contribution < 1.29 is 14.3 Å². The molecule has 124 valence electrons. The van der Waals surface area contributed by atoms with Gasteiger partial charge < -0.3 is 15.4 Å². The molecule has 2 amide bonds. The minimum absolute atomic E-state index is 0.00711. The fraction of sp³-hybridized carbons (Fsp3) is 0.875. The van der Waals surface area contributed by atoms with Gasteiger partial charge >= 0.3 is 0 Å². The first-order valence-corrected chi connectivity index (χ1v) is 7.86. The molecule has 5 heteroatoms. The second-order valence-corrected chi connectivity index (χ2v) is 6.80. The maximum atomic E-state index is 11.6. The molecular formula is C16H32N2O3. The average molecular weight is 300 g/mol. The van der Waals surface area contributed by atoms with E-state index in [0.717, 1.165) is 13.0 Å². The lowest BCUT2D eigenvalue weighted by Crippen LogP contribution is -2.40. The molecule has 0 saturated heterocycles. The van der Waals surface area contributed by atoms with Crippen molar-refractivity contribution in [3.05, 3.63) is 0 Å². The monoisotopic (exact) mass is 300 g/mol. The van der Waals surface area contributed by atoms with Gasteiger partial charge in [0.1, 0.15) is 0 Å². The highest BCUT2D eigenvalue weighted by Crippen LogP contribution is 2.02. The Morgan fingerprint density at radius 1 is 1.05 bits per heavy atom. The summed E-state index contributed by atoms with van der Waals surface area (Å²) < 4.78 is 5.41. The van der Waals surface area contributed by atoms with Crippen molar-refractivity contribution in [1.82, 2.24) is 10.6 Å². The molecule has 2 N–H and O–H groups in total. The standard InChI is InChI=1S/C16H32N2O3/c1-13(2)9-11-21-12-10-17-14(19)7-6-8-15(20)18-16(3,4)5/h13H,6-12H2,1-5H3,(H,17,19)(H,18,20). The van der Waals surface area contributed by atoms with Gasteiger partial charge in [-0.1, -0.05) is 13.8 Å². The summed E-state index contributed by atoms with van der Waals surface area (Å²) in [5, 5.41) is 5.67. The van der Waals surface area contributed by atoms with Crippen molar-refractivity contribution in [1.29, 1.82) is 0 Å². The largest absolute Gasteiger partial charge is 0.380 e. The Labute approximate surface area is 129 Å². The molecule has 0 rings (SSSR count). The van der Waals surface area contributed by atoms with E-state index in [-0.39, 0.29) is 17.4 Å². The van der Waals surface area contributed by atoms with E-state index in [4.69, 9.17) is 4.74 Å². The van der Waals surface area contributed by atoms with Crippen LogP contribution in [0.15, 0.2) is 0 Å². The third kappa shape index (κ3) is 15.1. The molecule has 0 atom stereocenters. The zero-order chi connectivity index (χ0) is 16.3. The highest BCUT2D eigenvalue weighted by atomic mass is 16.5. The molecule has 0 saturated carbocycles. The molecule has 0 bridgehead atoms. The van der Waals surface area contributed by atoms with Gasteiger partial charge in [-0.05, 0) is 39.5 Å². The summed E-state index contributed by atoms with van der Waals surface area (Å²) in [6.45, 7) is 11.9. The van der Waals surface area contributed by atoms with Crippen molar-refractivity contribution in [3.63, 3.8) is 0 Å². The van der Waals surface area contributed by atoms with Crippen molar-refractivity contribution in [3.8, 4) is 0 Å². The molecular weight excluding hydrogens is 268 g/mol. The van der Waals surface area contributed by atoms with Gasteiger partial charge in [0, 0.05) is 31.5 Å². The molecule has 5 nitrogen and oxygen atoms in total. The third-order valence-corrected chi connectivity index (χ3v) is 2.73. The summed E-state index contributed by atoms with van der Waals surface area (Å²) in [6.07, 6.45) is 2.37. The number of amides is 2. The SMILES string of the molecule is CC(C)CCOCCNC(=O)CCCC(=O)NC(C)(C)C. The summed E-state index contributed by atoms with van der Waals surface area (Å²) in [4.78, 5) is 23.1. The summed E-state index contributed by atoms with van der Waals surface area (Å²) in [7, 11) is 0. The highest BCUT2D eigenvalue weighted by Gasteiger charge is 2.13. The second kappa shape index (κ2) is 10.6. The Kier molecular flexibility index (Phi) is 10.0. The molecule has 0 aromatic rings. The number of carbonyl (C=O) groups excluding carboxylic acids is 2. The molecule has 0 spiro atoms. The summed E-state index contributed by atoms with van der Waals surface area (Å²) in [5.41, 5.74) is -0.216. The lowest BCUT2D eigenvalue weighted by atomic mass is 10.1. The molecule has 21 heavy (non-hydrogen) atoms. The average Bonchev–Trinajstić information content (AvgIpc) is 2.30. The van der Waals surface area contributed by atoms with Gasteiger partial charge in [-0.2, -0.15) is 0 Å². The van der Waals surface area contributed by atoms with Crippen molar-refractivity contribution in [2.45, 2.75) is 65.8 Å². The van der Waals surface area contributed by atoms with Gasteiger partial charge in [0.2, 0.25) is 11.8 Å². The van der Waals surface area contributed by atoms with E-state index in [2.05, 4.69) is 24.5 Å². The molecule has 0 aliphatic carbocycles. The zero-order valence-electron chi connectivity index (χ0n) is 14.3. The number of nitrogens with one attached hydrogen (secondary N) is 2. The predicted molar refractivity (Wildman–Crippen MR) is 85.0 cm³/mol. The van der Waals surface area contributed by atoms with Gasteiger partial charge in [0.05, 0.1) is 6.61 Å². The fourth-order valence-corrected chi connectivity index (χ4v) is 1.66. The lowest BCUT2D eigenvalue weighted by Gasteiger charge is -2.20. The van der Waals surface area contributed by atoms with Crippen LogP contribution in [0.25, 0.3) is 0 Å². The molecule has 0 unspecified atom stereocenters. The first kappa shape index (κ1) is 19.9. The number of carbonyl (C=O) groups is 2. The van der Waals surface area contributed by atoms with Crippen LogP contribution in [-0.2, 0) is 14.3 Å². The van der Waals surface area contributed by atoms with Crippen LogP contribution < -0.4 is 10.6 Å². The van der Waals surface area contributed by atoms with Gasteiger partial charge in [-0.25, -0.2) is 0 Å². The van der Waals surface area contributed by atoms with Gasteiger partial charge in [0.25, 0.3) is 0 Å². The van der Waals surface area contributed by atoms with E-state index in [1.165, 1.54) is 0 Å². The molecule has 0 aliphatic heterocycles. The normalized spacial score (nSPS) is 11.5. The summed E-state index contributed by atoms with van der Waals surface area (Å²) in [5.74, 6) is 0.608. The maximum absolute atomic E-state index is 11.6. The van der Waals surface area contributed by atoms with Gasteiger partial charge in [-0.3, -0.25) is 9.59 Å². The minimum atomic E-state index is -0.216. The Bertz CT molecular complexity index is 309. The number of hydrogen-bond donors (Lipinski definition) is 2.